The zero-order valence-electron chi connectivity index (χ0n) is 12.9. The predicted octanol–water partition coefficient (Wildman–Crippen LogP) is 1.23. The zero-order valence-corrected chi connectivity index (χ0v) is 13.7. The molecule has 1 aromatic rings. The lowest BCUT2D eigenvalue weighted by atomic mass is 9.99. The van der Waals surface area contributed by atoms with Crippen molar-refractivity contribution >= 4 is 15.9 Å². The van der Waals surface area contributed by atoms with Crippen LogP contribution in [0.15, 0.2) is 29.2 Å². The van der Waals surface area contributed by atoms with Crippen LogP contribution >= 0.6 is 0 Å². The number of ether oxygens (including phenoxy) is 1. The smallest absolute Gasteiger partial charge is 0.243 e. The van der Waals surface area contributed by atoms with E-state index in [1.54, 1.807) is 12.1 Å². The van der Waals surface area contributed by atoms with Gasteiger partial charge in [-0.05, 0) is 44.0 Å². The molecule has 0 aliphatic carbocycles. The lowest BCUT2D eigenvalue weighted by molar-refractivity contribution is -0.125. The Morgan fingerprint density at radius 2 is 2.05 bits per heavy atom. The second kappa shape index (κ2) is 7.11. The first-order valence-electron chi connectivity index (χ1n) is 7.41. The molecular formula is C15H22N2O4S. The third-order valence-electron chi connectivity index (χ3n) is 3.80. The number of amides is 1. The molecule has 1 heterocycles. The van der Waals surface area contributed by atoms with Crippen LogP contribution in [0.25, 0.3) is 0 Å². The van der Waals surface area contributed by atoms with Gasteiger partial charge >= 0.3 is 0 Å². The number of methoxy groups -OCH3 is 1. The Morgan fingerprint density at radius 1 is 1.36 bits per heavy atom. The molecule has 1 amide bonds. The van der Waals surface area contributed by atoms with Crippen molar-refractivity contribution in [3.63, 3.8) is 0 Å². The first-order chi connectivity index (χ1) is 10.5. The lowest BCUT2D eigenvalue weighted by Crippen LogP contribution is -2.45. The summed E-state index contributed by atoms with van der Waals surface area (Å²) >= 11 is 0. The lowest BCUT2D eigenvalue weighted by Gasteiger charge is -2.31. The van der Waals surface area contributed by atoms with Crippen LogP contribution < -0.4 is 10.1 Å². The molecule has 22 heavy (non-hydrogen) atoms. The third kappa shape index (κ3) is 3.59. The maximum absolute atomic E-state index is 12.7. The Morgan fingerprint density at radius 3 is 2.64 bits per heavy atom. The number of nitrogens with one attached hydrogen (secondary N) is 1. The highest BCUT2D eigenvalue weighted by atomic mass is 32.2. The summed E-state index contributed by atoms with van der Waals surface area (Å²) in [6.45, 7) is 3.09. The minimum absolute atomic E-state index is 0.0721. The maximum atomic E-state index is 12.7. The first-order valence-corrected chi connectivity index (χ1v) is 8.85. The van der Waals surface area contributed by atoms with Gasteiger partial charge in [-0.15, -0.1) is 0 Å². The third-order valence-corrected chi connectivity index (χ3v) is 5.68. The molecule has 0 radical (unpaired) electrons. The number of hydrogen-bond acceptors (Lipinski definition) is 4. The van der Waals surface area contributed by atoms with E-state index in [2.05, 4.69) is 5.32 Å². The normalized spacial score (nSPS) is 19.6. The Hall–Kier alpha value is -1.60. The van der Waals surface area contributed by atoms with Gasteiger partial charge in [0.25, 0.3) is 0 Å². The highest BCUT2D eigenvalue weighted by molar-refractivity contribution is 7.89. The van der Waals surface area contributed by atoms with E-state index >= 15 is 0 Å². The fourth-order valence-corrected chi connectivity index (χ4v) is 4.11. The van der Waals surface area contributed by atoms with Crippen molar-refractivity contribution in [1.29, 1.82) is 0 Å². The molecule has 0 aromatic heterocycles. The Bertz CT molecular complexity index is 613. The number of sulfonamides is 1. The molecule has 0 spiro atoms. The topological polar surface area (TPSA) is 75.7 Å². The van der Waals surface area contributed by atoms with Crippen molar-refractivity contribution in [1.82, 2.24) is 9.62 Å². The summed E-state index contributed by atoms with van der Waals surface area (Å²) in [5.41, 5.74) is 0. The van der Waals surface area contributed by atoms with Crippen molar-refractivity contribution in [2.24, 2.45) is 5.92 Å². The van der Waals surface area contributed by atoms with Gasteiger partial charge in [-0.3, -0.25) is 4.79 Å². The Balaban J connectivity index is 2.15. The maximum Gasteiger partial charge on any atom is 0.243 e. The molecule has 6 nitrogen and oxygen atoms in total. The second-order valence-corrected chi connectivity index (χ2v) is 7.21. The second-order valence-electron chi connectivity index (χ2n) is 5.27. The van der Waals surface area contributed by atoms with Crippen molar-refractivity contribution < 1.29 is 17.9 Å². The minimum atomic E-state index is -3.57. The Kier molecular flexibility index (Phi) is 5.42. The molecule has 1 aromatic carbocycles. The number of benzene rings is 1. The van der Waals surface area contributed by atoms with Gasteiger partial charge in [-0.2, -0.15) is 4.31 Å². The summed E-state index contributed by atoms with van der Waals surface area (Å²) < 4.78 is 31.8. The van der Waals surface area contributed by atoms with E-state index in [0.717, 1.165) is 6.42 Å². The van der Waals surface area contributed by atoms with Crippen LogP contribution in [0.3, 0.4) is 0 Å². The monoisotopic (exact) mass is 326 g/mol. The van der Waals surface area contributed by atoms with Gasteiger partial charge in [-0.1, -0.05) is 0 Å². The van der Waals surface area contributed by atoms with Crippen LogP contribution in [0, 0.1) is 5.92 Å². The number of carbonyl (C=O) groups is 1. The molecule has 1 atom stereocenters. The summed E-state index contributed by atoms with van der Waals surface area (Å²) in [5.74, 6) is 0.261. The average Bonchev–Trinajstić information content (AvgIpc) is 2.55. The summed E-state index contributed by atoms with van der Waals surface area (Å²) in [5, 5.41) is 2.77. The highest BCUT2D eigenvalue weighted by Crippen LogP contribution is 2.25. The number of hydrogen-bond donors (Lipinski definition) is 1. The molecule has 2 rings (SSSR count). The standard InChI is InChI=1S/C15H22N2O4S/c1-3-16-15(18)12-5-4-10-17(11-12)22(19,20)14-8-6-13(21-2)7-9-14/h6-9,12H,3-5,10-11H2,1-2H3,(H,16,18)/t12-/m1/s1. The highest BCUT2D eigenvalue weighted by Gasteiger charge is 2.33. The average molecular weight is 326 g/mol. The van der Waals surface area contributed by atoms with Crippen molar-refractivity contribution in [3.05, 3.63) is 24.3 Å². The van der Waals surface area contributed by atoms with Crippen LogP contribution in [-0.2, 0) is 14.8 Å². The van der Waals surface area contributed by atoms with Crippen molar-refractivity contribution in [3.8, 4) is 5.75 Å². The van der Waals surface area contributed by atoms with Crippen molar-refractivity contribution in [2.75, 3.05) is 26.7 Å². The van der Waals surface area contributed by atoms with Gasteiger partial charge in [0.15, 0.2) is 0 Å². The number of piperidine rings is 1. The molecule has 122 valence electrons. The van der Waals surface area contributed by atoms with Gasteiger partial charge in [0.1, 0.15) is 5.75 Å². The van der Waals surface area contributed by atoms with E-state index in [1.807, 2.05) is 6.92 Å². The molecule has 7 heteroatoms. The molecule has 1 aliphatic heterocycles. The largest absolute Gasteiger partial charge is 0.497 e. The fraction of sp³-hybridized carbons (Fsp3) is 0.533. The first kappa shape index (κ1) is 16.8. The molecule has 1 fully saturated rings. The van der Waals surface area contributed by atoms with Crippen LogP contribution in [0.1, 0.15) is 19.8 Å². The van der Waals surface area contributed by atoms with Crippen LogP contribution in [-0.4, -0.2) is 45.4 Å². The fourth-order valence-electron chi connectivity index (χ4n) is 2.59. The molecule has 1 N–H and O–H groups in total. The van der Waals surface area contributed by atoms with Gasteiger partial charge < -0.3 is 10.1 Å². The SMILES string of the molecule is CCNC(=O)[C@@H]1CCCN(S(=O)(=O)c2ccc(OC)cc2)C1. The molecule has 1 aliphatic rings. The molecule has 0 saturated carbocycles. The summed E-state index contributed by atoms with van der Waals surface area (Å²) in [6.07, 6.45) is 1.41. The summed E-state index contributed by atoms with van der Waals surface area (Å²) in [4.78, 5) is 12.2. The molecular weight excluding hydrogens is 304 g/mol. The van der Waals surface area contributed by atoms with Crippen molar-refractivity contribution in [2.45, 2.75) is 24.7 Å². The zero-order chi connectivity index (χ0) is 16.2. The quantitative estimate of drug-likeness (QED) is 0.883. The Labute approximate surface area is 131 Å². The van der Waals surface area contributed by atoms with Gasteiger partial charge in [0.05, 0.1) is 17.9 Å². The van der Waals surface area contributed by atoms with Crippen LogP contribution in [0.4, 0.5) is 0 Å². The minimum Gasteiger partial charge on any atom is -0.497 e. The summed E-state index contributed by atoms with van der Waals surface area (Å²) in [7, 11) is -2.04. The number of carbonyl (C=O) groups excluding carboxylic acids is 1. The summed E-state index contributed by atoms with van der Waals surface area (Å²) in [6, 6.07) is 6.31. The molecule has 0 bridgehead atoms. The van der Waals surface area contributed by atoms with E-state index in [1.165, 1.54) is 23.5 Å². The predicted molar refractivity (Wildman–Crippen MR) is 83.2 cm³/mol. The van der Waals surface area contributed by atoms with E-state index in [0.29, 0.717) is 25.3 Å². The van der Waals surface area contributed by atoms with Gasteiger partial charge in [0, 0.05) is 19.6 Å². The number of rotatable bonds is 5. The van der Waals surface area contributed by atoms with E-state index in [9.17, 15) is 13.2 Å². The number of nitrogens with zero attached hydrogens (tertiary/aromatic N) is 1. The molecule has 1 saturated heterocycles. The van der Waals surface area contributed by atoms with Gasteiger partial charge in [0.2, 0.25) is 15.9 Å². The van der Waals surface area contributed by atoms with Crippen LogP contribution in [0.2, 0.25) is 0 Å². The van der Waals surface area contributed by atoms with Gasteiger partial charge in [-0.25, -0.2) is 8.42 Å². The van der Waals surface area contributed by atoms with Crippen LogP contribution in [0.5, 0.6) is 5.75 Å². The van der Waals surface area contributed by atoms with E-state index < -0.39 is 10.0 Å². The van der Waals surface area contributed by atoms with E-state index in [-0.39, 0.29) is 23.3 Å². The van der Waals surface area contributed by atoms with E-state index in [4.69, 9.17) is 4.74 Å². The molecule has 0 unspecified atom stereocenters.